The predicted molar refractivity (Wildman–Crippen MR) is 120 cm³/mol. The van der Waals surface area contributed by atoms with E-state index in [2.05, 4.69) is 27.8 Å². The lowest BCUT2D eigenvalue weighted by Gasteiger charge is -2.27. The van der Waals surface area contributed by atoms with Gasteiger partial charge in [0.1, 0.15) is 0 Å². The number of aliphatic imine (C=N–C) groups is 1. The summed E-state index contributed by atoms with van der Waals surface area (Å²) in [5.74, 6) is 0.805. The summed E-state index contributed by atoms with van der Waals surface area (Å²) in [6.45, 7) is 4.74. The van der Waals surface area contributed by atoms with Crippen molar-refractivity contribution in [1.29, 1.82) is 0 Å². The van der Waals surface area contributed by atoms with E-state index in [9.17, 15) is 5.11 Å². The SMILES string of the molecule is CN=C(NCCCCOCc1ccccc1)NCC1(CCO)CCOC1.I. The Morgan fingerprint density at radius 1 is 1.26 bits per heavy atom. The van der Waals surface area contributed by atoms with E-state index in [4.69, 9.17) is 9.47 Å². The Bertz CT molecular complexity index is 522. The zero-order valence-electron chi connectivity index (χ0n) is 16.3. The van der Waals surface area contributed by atoms with Crippen molar-refractivity contribution < 1.29 is 14.6 Å². The molecule has 1 unspecified atom stereocenters. The van der Waals surface area contributed by atoms with Gasteiger partial charge in [-0.2, -0.15) is 0 Å². The summed E-state index contributed by atoms with van der Waals surface area (Å²) < 4.78 is 11.2. The monoisotopic (exact) mass is 491 g/mol. The summed E-state index contributed by atoms with van der Waals surface area (Å²) in [6, 6.07) is 10.2. The predicted octanol–water partition coefficient (Wildman–Crippen LogP) is 2.56. The molecule has 1 saturated heterocycles. The molecular weight excluding hydrogens is 457 g/mol. The molecule has 1 aliphatic heterocycles. The quantitative estimate of drug-likeness (QED) is 0.192. The molecule has 1 fully saturated rings. The zero-order chi connectivity index (χ0) is 18.5. The Morgan fingerprint density at radius 2 is 2.07 bits per heavy atom. The summed E-state index contributed by atoms with van der Waals surface area (Å²) in [5.41, 5.74) is 1.24. The van der Waals surface area contributed by atoms with Gasteiger partial charge in [-0.05, 0) is 31.2 Å². The Hall–Kier alpha value is -0.900. The van der Waals surface area contributed by atoms with Gasteiger partial charge < -0.3 is 25.2 Å². The van der Waals surface area contributed by atoms with Crippen molar-refractivity contribution in [2.45, 2.75) is 32.3 Å². The third-order valence-corrected chi connectivity index (χ3v) is 4.80. The number of nitrogens with zero attached hydrogens (tertiary/aromatic N) is 1. The fraction of sp³-hybridized carbons (Fsp3) is 0.650. The van der Waals surface area contributed by atoms with Gasteiger partial charge >= 0.3 is 0 Å². The molecule has 1 atom stereocenters. The molecular formula is C20H34IN3O3. The van der Waals surface area contributed by atoms with Crippen molar-refractivity contribution >= 4 is 29.9 Å². The smallest absolute Gasteiger partial charge is 0.190 e. The van der Waals surface area contributed by atoms with E-state index in [1.165, 1.54) is 5.56 Å². The molecule has 0 bridgehead atoms. The zero-order valence-corrected chi connectivity index (χ0v) is 18.6. The Labute approximate surface area is 180 Å². The van der Waals surface area contributed by atoms with Crippen molar-refractivity contribution in [1.82, 2.24) is 10.6 Å². The van der Waals surface area contributed by atoms with E-state index >= 15 is 0 Å². The molecule has 1 aliphatic rings. The van der Waals surface area contributed by atoms with Gasteiger partial charge in [0.2, 0.25) is 0 Å². The number of halogens is 1. The van der Waals surface area contributed by atoms with E-state index in [0.717, 1.165) is 57.9 Å². The summed E-state index contributed by atoms with van der Waals surface area (Å²) in [4.78, 5) is 4.27. The fourth-order valence-electron chi connectivity index (χ4n) is 3.10. The maximum absolute atomic E-state index is 9.29. The number of hydrogen-bond acceptors (Lipinski definition) is 4. The number of benzene rings is 1. The van der Waals surface area contributed by atoms with Crippen LogP contribution in [0.3, 0.4) is 0 Å². The van der Waals surface area contributed by atoms with E-state index in [1.54, 1.807) is 7.05 Å². The highest BCUT2D eigenvalue weighted by Gasteiger charge is 2.34. The van der Waals surface area contributed by atoms with Crippen molar-refractivity contribution in [2.24, 2.45) is 10.4 Å². The number of nitrogens with one attached hydrogen (secondary N) is 2. The van der Waals surface area contributed by atoms with Gasteiger partial charge in [-0.25, -0.2) is 0 Å². The van der Waals surface area contributed by atoms with Crippen LogP contribution >= 0.6 is 24.0 Å². The van der Waals surface area contributed by atoms with Crippen LogP contribution in [0.15, 0.2) is 35.3 Å². The Balaban J connectivity index is 0.00000364. The van der Waals surface area contributed by atoms with Crippen LogP contribution in [0.25, 0.3) is 0 Å². The first kappa shape index (κ1) is 24.1. The van der Waals surface area contributed by atoms with Gasteiger partial charge in [-0.15, -0.1) is 24.0 Å². The highest BCUT2D eigenvalue weighted by molar-refractivity contribution is 14.0. The van der Waals surface area contributed by atoms with Crippen molar-refractivity contribution in [3.63, 3.8) is 0 Å². The molecule has 0 aliphatic carbocycles. The van der Waals surface area contributed by atoms with E-state index in [1.807, 2.05) is 18.2 Å². The van der Waals surface area contributed by atoms with Crippen LogP contribution in [0.2, 0.25) is 0 Å². The number of unbranched alkanes of at least 4 members (excludes halogenated alkanes) is 1. The first-order valence-electron chi connectivity index (χ1n) is 9.53. The molecule has 27 heavy (non-hydrogen) atoms. The van der Waals surface area contributed by atoms with Crippen molar-refractivity contribution in [3.8, 4) is 0 Å². The van der Waals surface area contributed by atoms with Crippen LogP contribution in [-0.4, -0.2) is 57.6 Å². The number of hydrogen-bond donors (Lipinski definition) is 3. The number of guanidine groups is 1. The van der Waals surface area contributed by atoms with Gasteiger partial charge in [0.25, 0.3) is 0 Å². The lowest BCUT2D eigenvalue weighted by atomic mass is 9.84. The minimum Gasteiger partial charge on any atom is -0.396 e. The highest BCUT2D eigenvalue weighted by atomic mass is 127. The lowest BCUT2D eigenvalue weighted by molar-refractivity contribution is 0.117. The van der Waals surface area contributed by atoms with Gasteiger partial charge in [0, 0.05) is 45.4 Å². The van der Waals surface area contributed by atoms with Crippen molar-refractivity contribution in [2.75, 3.05) is 46.6 Å². The van der Waals surface area contributed by atoms with E-state index < -0.39 is 0 Å². The second kappa shape index (κ2) is 14.1. The van der Waals surface area contributed by atoms with Gasteiger partial charge in [-0.3, -0.25) is 4.99 Å². The van der Waals surface area contributed by atoms with Gasteiger partial charge in [0.05, 0.1) is 13.2 Å². The average molecular weight is 491 g/mol. The molecule has 0 radical (unpaired) electrons. The fourth-order valence-corrected chi connectivity index (χ4v) is 3.10. The summed E-state index contributed by atoms with van der Waals surface area (Å²) >= 11 is 0. The van der Waals surface area contributed by atoms with Crippen LogP contribution < -0.4 is 10.6 Å². The maximum Gasteiger partial charge on any atom is 0.190 e. The third kappa shape index (κ3) is 9.23. The largest absolute Gasteiger partial charge is 0.396 e. The van der Waals surface area contributed by atoms with Gasteiger partial charge in [0.15, 0.2) is 5.96 Å². The summed E-state index contributed by atoms with van der Waals surface area (Å²) in [6.07, 6.45) is 3.78. The van der Waals surface area contributed by atoms with Crippen LogP contribution in [0.1, 0.15) is 31.2 Å². The molecule has 0 spiro atoms. The van der Waals surface area contributed by atoms with Crippen LogP contribution in [0.5, 0.6) is 0 Å². The number of ether oxygens (including phenoxy) is 2. The first-order valence-corrected chi connectivity index (χ1v) is 9.53. The molecule has 0 saturated carbocycles. The van der Waals surface area contributed by atoms with Crippen LogP contribution in [0, 0.1) is 5.41 Å². The summed E-state index contributed by atoms with van der Waals surface area (Å²) in [7, 11) is 1.78. The normalized spacial score (nSPS) is 19.6. The molecule has 0 aromatic heterocycles. The molecule has 1 heterocycles. The molecule has 6 nitrogen and oxygen atoms in total. The Morgan fingerprint density at radius 3 is 2.74 bits per heavy atom. The third-order valence-electron chi connectivity index (χ3n) is 4.80. The average Bonchev–Trinajstić information content (AvgIpc) is 3.13. The topological polar surface area (TPSA) is 75.1 Å². The maximum atomic E-state index is 9.29. The van der Waals surface area contributed by atoms with Crippen molar-refractivity contribution in [3.05, 3.63) is 35.9 Å². The van der Waals surface area contributed by atoms with E-state index in [-0.39, 0.29) is 36.0 Å². The molecule has 1 aromatic rings. The minimum atomic E-state index is 0. The molecule has 154 valence electrons. The molecule has 0 amide bonds. The Kier molecular flexibility index (Phi) is 12.6. The molecule has 3 N–H and O–H groups in total. The first-order chi connectivity index (χ1) is 12.8. The second-order valence-corrected chi connectivity index (χ2v) is 6.87. The highest BCUT2D eigenvalue weighted by Crippen LogP contribution is 2.31. The minimum absolute atomic E-state index is 0. The van der Waals surface area contributed by atoms with Crippen LogP contribution in [0.4, 0.5) is 0 Å². The lowest BCUT2D eigenvalue weighted by Crippen LogP contribution is -2.44. The van der Waals surface area contributed by atoms with E-state index in [0.29, 0.717) is 13.2 Å². The second-order valence-electron chi connectivity index (χ2n) is 6.87. The number of rotatable bonds is 11. The van der Waals surface area contributed by atoms with Gasteiger partial charge in [-0.1, -0.05) is 30.3 Å². The molecule has 1 aromatic carbocycles. The van der Waals surface area contributed by atoms with Crippen LogP contribution in [-0.2, 0) is 16.1 Å². The number of aliphatic hydroxyl groups is 1. The summed E-state index contributed by atoms with van der Waals surface area (Å²) in [5, 5.41) is 16.0. The number of aliphatic hydroxyl groups excluding tert-OH is 1. The molecule has 2 rings (SSSR count). The molecule has 7 heteroatoms. The standard InChI is InChI=1S/C20H33N3O3.HI/c1-21-19(23-16-20(9-12-24)10-14-26-17-20)22-11-5-6-13-25-15-18-7-3-2-4-8-18;/h2-4,7-8,24H,5-6,9-17H2,1H3,(H2,21,22,23);1H.